The molecular formula is C14H18ClN5O2. The largest absolute Gasteiger partial charge is 0.349 e. The third-order valence-electron chi connectivity index (χ3n) is 4.14. The lowest BCUT2D eigenvalue weighted by Gasteiger charge is -2.44. The number of aromatic nitrogens is 2. The van der Waals surface area contributed by atoms with E-state index in [1.54, 1.807) is 31.4 Å². The van der Waals surface area contributed by atoms with Gasteiger partial charge < -0.3 is 14.7 Å². The van der Waals surface area contributed by atoms with E-state index in [-0.39, 0.29) is 23.8 Å². The van der Waals surface area contributed by atoms with Crippen molar-refractivity contribution in [3.05, 3.63) is 17.4 Å². The van der Waals surface area contributed by atoms with Crippen molar-refractivity contribution in [2.45, 2.75) is 12.5 Å². The second-order valence-corrected chi connectivity index (χ2v) is 6.38. The van der Waals surface area contributed by atoms with E-state index in [1.165, 1.54) is 0 Å². The molecule has 7 nitrogen and oxygen atoms in total. The number of carbonyl (C=O) groups is 2. The quantitative estimate of drug-likeness (QED) is 0.798. The van der Waals surface area contributed by atoms with Crippen LogP contribution >= 0.6 is 11.6 Å². The van der Waals surface area contributed by atoms with Crippen molar-refractivity contribution in [2.75, 3.05) is 38.6 Å². The summed E-state index contributed by atoms with van der Waals surface area (Å²) in [6.45, 7) is 1.89. The van der Waals surface area contributed by atoms with E-state index < -0.39 is 0 Å². The number of anilines is 1. The van der Waals surface area contributed by atoms with Crippen molar-refractivity contribution < 1.29 is 9.59 Å². The number of likely N-dealkylation sites (tertiary alicyclic amines) is 1. The van der Waals surface area contributed by atoms with Gasteiger partial charge in [-0.15, -0.1) is 0 Å². The van der Waals surface area contributed by atoms with Crippen LogP contribution in [0.5, 0.6) is 0 Å². The fraction of sp³-hybridized carbons (Fsp3) is 0.571. The van der Waals surface area contributed by atoms with Gasteiger partial charge in [0.05, 0.1) is 29.4 Å². The highest BCUT2D eigenvalue weighted by molar-refractivity contribution is 6.30. The highest BCUT2D eigenvalue weighted by atomic mass is 35.5. The minimum absolute atomic E-state index is 0.0214. The Morgan fingerprint density at radius 3 is 2.50 bits per heavy atom. The first-order valence-electron chi connectivity index (χ1n) is 7.19. The molecule has 3 heterocycles. The Morgan fingerprint density at radius 1 is 1.27 bits per heavy atom. The fourth-order valence-electron chi connectivity index (χ4n) is 2.90. The number of nitrogens with zero attached hydrogens (tertiary/aromatic N) is 5. The molecule has 8 heteroatoms. The molecule has 3 rings (SSSR count). The maximum atomic E-state index is 12.1. The van der Waals surface area contributed by atoms with Crippen molar-refractivity contribution in [1.82, 2.24) is 19.8 Å². The van der Waals surface area contributed by atoms with Gasteiger partial charge in [0, 0.05) is 40.2 Å². The Labute approximate surface area is 133 Å². The lowest BCUT2D eigenvalue weighted by atomic mass is 10.1. The van der Waals surface area contributed by atoms with Gasteiger partial charge in [-0.25, -0.2) is 9.97 Å². The van der Waals surface area contributed by atoms with Gasteiger partial charge in [0.2, 0.25) is 17.8 Å². The van der Waals surface area contributed by atoms with Gasteiger partial charge in [-0.3, -0.25) is 9.59 Å². The van der Waals surface area contributed by atoms with Crippen LogP contribution in [0.1, 0.15) is 6.42 Å². The van der Waals surface area contributed by atoms with Crippen molar-refractivity contribution >= 4 is 29.4 Å². The molecule has 1 atom stereocenters. The average Bonchev–Trinajstić information content (AvgIpc) is 2.80. The summed E-state index contributed by atoms with van der Waals surface area (Å²) in [5.74, 6) is 0.478. The third-order valence-corrected chi connectivity index (χ3v) is 4.34. The summed E-state index contributed by atoms with van der Waals surface area (Å²) in [5, 5.41) is 0.501. The summed E-state index contributed by atoms with van der Waals surface area (Å²) in [5.41, 5.74) is 0. The molecule has 0 spiro atoms. The normalized spacial score (nSPS) is 22.0. The zero-order valence-electron chi connectivity index (χ0n) is 12.6. The van der Waals surface area contributed by atoms with Crippen molar-refractivity contribution in [3.8, 4) is 0 Å². The molecule has 2 aliphatic heterocycles. The van der Waals surface area contributed by atoms with Crippen LogP contribution in [0.25, 0.3) is 0 Å². The SMILES string of the molecule is CN(C)C(=O)C1CC(=O)N(C2CN(c3ncc(Cl)cn3)C2)C1. The zero-order chi connectivity index (χ0) is 15.9. The van der Waals surface area contributed by atoms with Crippen LogP contribution in [0, 0.1) is 5.92 Å². The predicted octanol–water partition coefficient (Wildman–Crippen LogP) is 0.255. The van der Waals surface area contributed by atoms with E-state index in [0.29, 0.717) is 37.0 Å². The van der Waals surface area contributed by atoms with Crippen LogP contribution in [-0.2, 0) is 9.59 Å². The van der Waals surface area contributed by atoms with Crippen LogP contribution in [0.4, 0.5) is 5.95 Å². The molecule has 2 saturated heterocycles. The maximum absolute atomic E-state index is 12.1. The number of hydrogen-bond donors (Lipinski definition) is 0. The lowest BCUT2D eigenvalue weighted by molar-refractivity contribution is -0.133. The van der Waals surface area contributed by atoms with Crippen LogP contribution in [0.15, 0.2) is 12.4 Å². The zero-order valence-corrected chi connectivity index (χ0v) is 13.3. The van der Waals surface area contributed by atoms with Crippen LogP contribution in [0.2, 0.25) is 5.02 Å². The third kappa shape index (κ3) is 2.72. The van der Waals surface area contributed by atoms with Gasteiger partial charge in [0.25, 0.3) is 0 Å². The Bertz CT molecular complexity index is 585. The van der Waals surface area contributed by atoms with Gasteiger partial charge in [0.1, 0.15) is 0 Å². The first kappa shape index (κ1) is 15.0. The molecule has 1 aromatic heterocycles. The summed E-state index contributed by atoms with van der Waals surface area (Å²) in [6, 6.07) is 0.131. The molecular weight excluding hydrogens is 306 g/mol. The van der Waals surface area contributed by atoms with Crippen LogP contribution in [0.3, 0.4) is 0 Å². The van der Waals surface area contributed by atoms with E-state index in [2.05, 4.69) is 9.97 Å². The highest BCUT2D eigenvalue weighted by Crippen LogP contribution is 2.27. The molecule has 2 amide bonds. The number of rotatable bonds is 3. The first-order valence-corrected chi connectivity index (χ1v) is 7.56. The lowest BCUT2D eigenvalue weighted by Crippen LogP contribution is -2.60. The molecule has 0 bridgehead atoms. The van der Waals surface area contributed by atoms with E-state index >= 15 is 0 Å². The molecule has 0 radical (unpaired) electrons. The molecule has 2 aliphatic rings. The molecule has 0 aromatic carbocycles. The summed E-state index contributed by atoms with van der Waals surface area (Å²) in [6.07, 6.45) is 3.43. The molecule has 0 N–H and O–H groups in total. The summed E-state index contributed by atoms with van der Waals surface area (Å²) < 4.78 is 0. The average molecular weight is 324 g/mol. The molecule has 2 fully saturated rings. The van der Waals surface area contributed by atoms with Gasteiger partial charge in [-0.1, -0.05) is 11.6 Å². The molecule has 22 heavy (non-hydrogen) atoms. The van der Waals surface area contributed by atoms with Crippen LogP contribution < -0.4 is 4.90 Å². The summed E-state index contributed by atoms with van der Waals surface area (Å²) in [4.78, 5) is 37.8. The van der Waals surface area contributed by atoms with Crippen molar-refractivity contribution in [1.29, 1.82) is 0 Å². The number of hydrogen-bond acceptors (Lipinski definition) is 5. The van der Waals surface area contributed by atoms with E-state index in [0.717, 1.165) is 0 Å². The van der Waals surface area contributed by atoms with E-state index in [9.17, 15) is 9.59 Å². The summed E-state index contributed by atoms with van der Waals surface area (Å²) in [7, 11) is 3.44. The van der Waals surface area contributed by atoms with Crippen LogP contribution in [-0.4, -0.2) is 71.4 Å². The Morgan fingerprint density at radius 2 is 1.91 bits per heavy atom. The van der Waals surface area contributed by atoms with E-state index in [4.69, 9.17) is 11.6 Å². The molecule has 118 valence electrons. The molecule has 1 unspecified atom stereocenters. The highest BCUT2D eigenvalue weighted by Gasteiger charge is 2.43. The Kier molecular flexibility index (Phi) is 3.90. The van der Waals surface area contributed by atoms with Crippen molar-refractivity contribution in [3.63, 3.8) is 0 Å². The van der Waals surface area contributed by atoms with Gasteiger partial charge in [-0.05, 0) is 0 Å². The van der Waals surface area contributed by atoms with Gasteiger partial charge >= 0.3 is 0 Å². The molecule has 0 saturated carbocycles. The van der Waals surface area contributed by atoms with E-state index in [1.807, 2.05) is 9.80 Å². The Balaban J connectivity index is 1.58. The topological polar surface area (TPSA) is 69.6 Å². The second-order valence-electron chi connectivity index (χ2n) is 5.94. The number of carbonyl (C=O) groups excluding carboxylic acids is 2. The maximum Gasteiger partial charge on any atom is 0.227 e. The second kappa shape index (κ2) is 5.72. The molecule has 0 aliphatic carbocycles. The first-order chi connectivity index (χ1) is 10.5. The monoisotopic (exact) mass is 323 g/mol. The standard InChI is InChI=1S/C14H18ClN5O2/c1-18(2)13(22)9-3-12(21)20(6-9)11-7-19(8-11)14-16-4-10(15)5-17-14/h4-5,9,11H,3,6-8H2,1-2H3. The van der Waals surface area contributed by atoms with Gasteiger partial charge in [0.15, 0.2) is 0 Å². The predicted molar refractivity (Wildman–Crippen MR) is 81.6 cm³/mol. The Hall–Kier alpha value is -1.89. The summed E-state index contributed by atoms with van der Waals surface area (Å²) >= 11 is 5.77. The minimum atomic E-state index is -0.219. The van der Waals surface area contributed by atoms with Crippen molar-refractivity contribution in [2.24, 2.45) is 5.92 Å². The smallest absolute Gasteiger partial charge is 0.227 e. The van der Waals surface area contributed by atoms with Gasteiger partial charge in [-0.2, -0.15) is 0 Å². The molecule has 1 aromatic rings. The number of halogens is 1. The minimum Gasteiger partial charge on any atom is -0.349 e. The fourth-order valence-corrected chi connectivity index (χ4v) is 3.00. The number of amides is 2.